The Hall–Kier alpha value is -2.35. The molecule has 0 aliphatic carbocycles. The zero-order chi connectivity index (χ0) is 22.5. The van der Waals surface area contributed by atoms with Gasteiger partial charge in [0.05, 0.1) is 18.8 Å². The Labute approximate surface area is 174 Å². The summed E-state index contributed by atoms with van der Waals surface area (Å²) in [7, 11) is 0. The zero-order valence-corrected chi connectivity index (χ0v) is 16.6. The van der Waals surface area contributed by atoms with E-state index >= 15 is 0 Å². The standard InChI is InChI=1S/C17H24F2N6O6/c1-2-21-6-11-14(27)13(19)16(31-11)30-10(7-22-24-20)9-5-8(18)15(29-9)25-4-3-12(26)23-17(25)28/h3-4,8-11,13-16,21,27H,2,5-7H2,1H3,(H,23,26,28)/t8-,9+,10-,11-,13+,14-,15-,16-/m1/s1. The lowest BCUT2D eigenvalue weighted by atomic mass is 10.1. The Balaban J connectivity index is 1.73. The Morgan fingerprint density at radius 3 is 2.94 bits per heavy atom. The Kier molecular flexibility index (Phi) is 7.75. The number of nitrogens with zero attached hydrogens (tertiary/aromatic N) is 4. The van der Waals surface area contributed by atoms with Crippen molar-refractivity contribution in [3.63, 3.8) is 0 Å². The summed E-state index contributed by atoms with van der Waals surface area (Å²) >= 11 is 0. The fourth-order valence-electron chi connectivity index (χ4n) is 3.56. The Bertz CT molecular complexity index is 908. The number of aliphatic hydroxyl groups excluding tert-OH is 1. The molecule has 3 N–H and O–H groups in total. The van der Waals surface area contributed by atoms with E-state index in [1.165, 1.54) is 0 Å². The molecule has 3 heterocycles. The van der Waals surface area contributed by atoms with Gasteiger partial charge in [0, 0.05) is 30.1 Å². The van der Waals surface area contributed by atoms with Gasteiger partial charge in [-0.1, -0.05) is 12.0 Å². The van der Waals surface area contributed by atoms with E-state index in [0.717, 1.165) is 16.8 Å². The van der Waals surface area contributed by atoms with Crippen LogP contribution in [0.1, 0.15) is 19.6 Å². The summed E-state index contributed by atoms with van der Waals surface area (Å²) in [4.78, 5) is 27.8. The van der Waals surface area contributed by atoms with E-state index in [1.54, 1.807) is 0 Å². The number of rotatable bonds is 9. The van der Waals surface area contributed by atoms with Crippen LogP contribution in [-0.4, -0.2) is 77.3 Å². The summed E-state index contributed by atoms with van der Waals surface area (Å²) in [6.07, 6.45) is -9.91. The Morgan fingerprint density at radius 1 is 1.48 bits per heavy atom. The first-order chi connectivity index (χ1) is 14.8. The van der Waals surface area contributed by atoms with E-state index in [9.17, 15) is 23.5 Å². The number of H-pyrrole nitrogens is 1. The number of hydrogen-bond donors (Lipinski definition) is 3. The number of halogens is 2. The number of ether oxygens (including phenoxy) is 3. The summed E-state index contributed by atoms with van der Waals surface area (Å²) in [6, 6.07) is 1.05. The molecule has 172 valence electrons. The lowest BCUT2D eigenvalue weighted by Gasteiger charge is -2.26. The number of aromatic amines is 1. The quantitative estimate of drug-likeness (QED) is 0.271. The van der Waals surface area contributed by atoms with E-state index in [1.807, 2.05) is 11.9 Å². The highest BCUT2D eigenvalue weighted by Gasteiger charge is 2.48. The van der Waals surface area contributed by atoms with E-state index < -0.39 is 60.5 Å². The molecule has 12 nitrogen and oxygen atoms in total. The maximum Gasteiger partial charge on any atom is 0.330 e. The molecule has 2 fully saturated rings. The van der Waals surface area contributed by atoms with Gasteiger partial charge in [-0.15, -0.1) is 0 Å². The largest absolute Gasteiger partial charge is 0.387 e. The van der Waals surface area contributed by atoms with E-state index in [0.29, 0.717) is 6.54 Å². The molecule has 2 aliphatic heterocycles. The molecule has 31 heavy (non-hydrogen) atoms. The van der Waals surface area contributed by atoms with Gasteiger partial charge in [0.2, 0.25) is 0 Å². The molecule has 1 aromatic rings. The second-order valence-corrected chi connectivity index (χ2v) is 7.21. The van der Waals surface area contributed by atoms with Gasteiger partial charge in [-0.2, -0.15) is 0 Å². The number of hydrogen-bond acceptors (Lipinski definition) is 8. The molecule has 0 radical (unpaired) electrons. The first kappa shape index (κ1) is 23.3. The van der Waals surface area contributed by atoms with Crippen LogP contribution < -0.4 is 16.6 Å². The number of aromatic nitrogens is 2. The smallest absolute Gasteiger partial charge is 0.330 e. The normalized spacial score (nSPS) is 33.9. The maximum absolute atomic E-state index is 14.7. The molecule has 2 aliphatic rings. The molecule has 1 aromatic heterocycles. The van der Waals surface area contributed by atoms with Crippen LogP contribution in [-0.2, 0) is 14.2 Å². The van der Waals surface area contributed by atoms with Crippen molar-refractivity contribution in [1.82, 2.24) is 14.9 Å². The summed E-state index contributed by atoms with van der Waals surface area (Å²) in [5, 5.41) is 16.4. The first-order valence-corrected chi connectivity index (χ1v) is 9.81. The lowest BCUT2D eigenvalue weighted by molar-refractivity contribution is -0.203. The fraction of sp³-hybridized carbons (Fsp3) is 0.765. The Morgan fingerprint density at radius 2 is 2.26 bits per heavy atom. The summed E-state index contributed by atoms with van der Waals surface area (Å²) < 4.78 is 46.7. The number of nitrogens with one attached hydrogen (secondary N) is 2. The van der Waals surface area contributed by atoms with Crippen LogP contribution in [0, 0.1) is 0 Å². The van der Waals surface area contributed by atoms with E-state index in [2.05, 4.69) is 15.3 Å². The minimum Gasteiger partial charge on any atom is -0.387 e. The third-order valence-electron chi connectivity index (χ3n) is 5.13. The summed E-state index contributed by atoms with van der Waals surface area (Å²) in [5.74, 6) is 0. The van der Waals surface area contributed by atoms with E-state index in [4.69, 9.17) is 19.7 Å². The fourth-order valence-corrected chi connectivity index (χ4v) is 3.56. The van der Waals surface area contributed by atoms with Crippen molar-refractivity contribution in [3.05, 3.63) is 43.5 Å². The van der Waals surface area contributed by atoms with Crippen LogP contribution in [0.4, 0.5) is 8.78 Å². The topological polar surface area (TPSA) is 164 Å². The molecular weight excluding hydrogens is 422 g/mol. The van der Waals surface area contributed by atoms with Gasteiger partial charge in [-0.05, 0) is 12.1 Å². The van der Waals surface area contributed by atoms with Gasteiger partial charge in [0.15, 0.2) is 18.7 Å². The average molecular weight is 446 g/mol. The summed E-state index contributed by atoms with van der Waals surface area (Å²) in [5.41, 5.74) is 7.15. The van der Waals surface area contributed by atoms with Crippen molar-refractivity contribution < 1.29 is 28.1 Å². The molecular formula is C17H24F2N6O6. The molecule has 0 saturated carbocycles. The number of alkyl halides is 2. The van der Waals surface area contributed by atoms with Crippen LogP contribution in [0.25, 0.3) is 10.4 Å². The molecule has 8 atom stereocenters. The molecule has 0 aromatic carbocycles. The van der Waals surface area contributed by atoms with Crippen LogP contribution >= 0.6 is 0 Å². The van der Waals surface area contributed by atoms with Crippen molar-refractivity contribution in [1.29, 1.82) is 0 Å². The average Bonchev–Trinajstić information content (AvgIpc) is 3.24. The molecule has 2 saturated heterocycles. The first-order valence-electron chi connectivity index (χ1n) is 9.81. The lowest BCUT2D eigenvalue weighted by Crippen LogP contribution is -2.39. The van der Waals surface area contributed by atoms with Crippen LogP contribution in [0.5, 0.6) is 0 Å². The highest BCUT2D eigenvalue weighted by atomic mass is 19.1. The van der Waals surface area contributed by atoms with Crippen molar-refractivity contribution in [2.24, 2.45) is 5.11 Å². The second kappa shape index (κ2) is 10.3. The predicted molar refractivity (Wildman–Crippen MR) is 102 cm³/mol. The predicted octanol–water partition coefficient (Wildman–Crippen LogP) is -0.109. The third kappa shape index (κ3) is 5.29. The second-order valence-electron chi connectivity index (χ2n) is 7.21. The van der Waals surface area contributed by atoms with Crippen LogP contribution in [0.2, 0.25) is 0 Å². The summed E-state index contributed by atoms with van der Waals surface area (Å²) in [6.45, 7) is 2.31. The molecule has 3 rings (SSSR count). The number of likely N-dealkylation sites (N-methyl/N-ethyl adjacent to an activating group) is 1. The van der Waals surface area contributed by atoms with Gasteiger partial charge < -0.3 is 24.6 Å². The highest BCUT2D eigenvalue weighted by Crippen LogP contribution is 2.35. The number of azide groups is 1. The maximum atomic E-state index is 14.7. The van der Waals surface area contributed by atoms with Gasteiger partial charge in [0.1, 0.15) is 18.4 Å². The minimum absolute atomic E-state index is 0.197. The van der Waals surface area contributed by atoms with E-state index in [-0.39, 0.29) is 19.5 Å². The molecule has 0 bridgehead atoms. The number of aliphatic hydroxyl groups is 1. The molecule has 14 heteroatoms. The van der Waals surface area contributed by atoms with Gasteiger partial charge >= 0.3 is 5.69 Å². The molecule has 0 spiro atoms. The third-order valence-corrected chi connectivity index (χ3v) is 5.13. The molecule has 0 unspecified atom stereocenters. The van der Waals surface area contributed by atoms with Crippen molar-refractivity contribution >= 4 is 0 Å². The zero-order valence-electron chi connectivity index (χ0n) is 16.6. The van der Waals surface area contributed by atoms with Crippen molar-refractivity contribution in [2.45, 2.75) is 62.6 Å². The van der Waals surface area contributed by atoms with Gasteiger partial charge in [0.25, 0.3) is 5.56 Å². The minimum atomic E-state index is -1.88. The van der Waals surface area contributed by atoms with Crippen LogP contribution in [0.15, 0.2) is 27.0 Å². The SMILES string of the molecule is CCNC[C@H]1O[C@@H](O[C@H](CN=[N+]=[N-])[C@@H]2C[C@@H](F)[C@H](n3ccc(=O)[nH]c3=O)O2)[C@@H](F)[C@@H]1O. The van der Waals surface area contributed by atoms with Gasteiger partial charge in [-0.3, -0.25) is 14.3 Å². The van der Waals surface area contributed by atoms with Crippen molar-refractivity contribution in [2.75, 3.05) is 19.6 Å². The monoisotopic (exact) mass is 446 g/mol. The molecule has 0 amide bonds. The highest BCUT2D eigenvalue weighted by molar-refractivity contribution is 4.93. The van der Waals surface area contributed by atoms with Gasteiger partial charge in [-0.25, -0.2) is 13.6 Å². The van der Waals surface area contributed by atoms with Crippen LogP contribution in [0.3, 0.4) is 0 Å². The van der Waals surface area contributed by atoms with Crippen molar-refractivity contribution in [3.8, 4) is 0 Å².